The number of nitriles is 1. The Balaban J connectivity index is 1.45. The number of carbonyl (C=O) groups is 3. The average molecular weight is 396 g/mol. The number of imide groups is 1. The predicted molar refractivity (Wildman–Crippen MR) is 107 cm³/mol. The fourth-order valence-corrected chi connectivity index (χ4v) is 3.32. The van der Waals surface area contributed by atoms with Crippen LogP contribution in [0.5, 0.6) is 0 Å². The van der Waals surface area contributed by atoms with Gasteiger partial charge < -0.3 is 4.74 Å². The molecule has 0 spiro atoms. The topological polar surface area (TPSA) is 87.5 Å². The normalized spacial score (nSPS) is 12.4. The van der Waals surface area contributed by atoms with Gasteiger partial charge in [-0.3, -0.25) is 14.5 Å². The van der Waals surface area contributed by atoms with Crippen LogP contribution in [0.2, 0.25) is 0 Å². The molecule has 6 heteroatoms. The van der Waals surface area contributed by atoms with Gasteiger partial charge in [0.25, 0.3) is 11.8 Å². The number of ether oxygens (including phenoxy) is 1. The Hall–Kier alpha value is -4.24. The number of benzene rings is 3. The van der Waals surface area contributed by atoms with Crippen LogP contribution in [-0.2, 0) is 17.9 Å². The van der Waals surface area contributed by atoms with Crippen molar-refractivity contribution in [3.05, 3.63) is 106 Å². The molecule has 0 bridgehead atoms. The van der Waals surface area contributed by atoms with E-state index in [0.717, 1.165) is 0 Å². The van der Waals surface area contributed by atoms with E-state index in [1.165, 1.54) is 4.90 Å². The summed E-state index contributed by atoms with van der Waals surface area (Å²) in [6.07, 6.45) is 0. The van der Waals surface area contributed by atoms with E-state index in [1.54, 1.807) is 72.8 Å². The van der Waals surface area contributed by atoms with Crippen LogP contribution in [0.25, 0.3) is 0 Å². The Bertz CT molecular complexity index is 1170. The van der Waals surface area contributed by atoms with Gasteiger partial charge in [-0.05, 0) is 47.5 Å². The average Bonchev–Trinajstić information content (AvgIpc) is 3.03. The third-order valence-corrected chi connectivity index (χ3v) is 4.81. The van der Waals surface area contributed by atoms with Crippen molar-refractivity contribution in [2.75, 3.05) is 0 Å². The number of esters is 1. The number of hydrogen-bond donors (Lipinski definition) is 0. The SMILES string of the molecule is N#Cc1cccc(COC(=O)c2cccc(CN3C(=O)c4ccccc4C3=O)c2)c1. The summed E-state index contributed by atoms with van der Waals surface area (Å²) >= 11 is 0. The van der Waals surface area contributed by atoms with Crippen molar-refractivity contribution < 1.29 is 19.1 Å². The Morgan fingerprint density at radius 3 is 2.23 bits per heavy atom. The number of fused-ring (bicyclic) bond motifs is 1. The molecule has 1 aliphatic rings. The second-order valence-corrected chi connectivity index (χ2v) is 6.83. The minimum Gasteiger partial charge on any atom is -0.457 e. The first-order valence-corrected chi connectivity index (χ1v) is 9.27. The molecule has 0 aromatic heterocycles. The standard InChI is InChI=1S/C24H16N2O4/c25-13-16-5-3-7-18(11-16)15-30-24(29)19-8-4-6-17(12-19)14-26-22(27)20-9-1-2-10-21(20)23(26)28/h1-12H,14-15H2. The molecule has 0 unspecified atom stereocenters. The lowest BCUT2D eigenvalue weighted by atomic mass is 10.1. The summed E-state index contributed by atoms with van der Waals surface area (Å²) in [7, 11) is 0. The van der Waals surface area contributed by atoms with Crippen LogP contribution >= 0.6 is 0 Å². The second kappa shape index (κ2) is 8.02. The van der Waals surface area contributed by atoms with Gasteiger partial charge in [0.05, 0.1) is 34.9 Å². The molecular weight excluding hydrogens is 380 g/mol. The van der Waals surface area contributed by atoms with Crippen molar-refractivity contribution in [2.45, 2.75) is 13.2 Å². The molecule has 146 valence electrons. The van der Waals surface area contributed by atoms with Crippen molar-refractivity contribution in [3.8, 4) is 6.07 Å². The summed E-state index contributed by atoms with van der Waals surface area (Å²) in [5, 5.41) is 8.95. The van der Waals surface area contributed by atoms with E-state index in [0.29, 0.717) is 33.4 Å². The van der Waals surface area contributed by atoms with Crippen LogP contribution in [0.15, 0.2) is 72.8 Å². The molecule has 3 aromatic rings. The fourth-order valence-electron chi connectivity index (χ4n) is 3.32. The molecule has 1 heterocycles. The first-order valence-electron chi connectivity index (χ1n) is 9.27. The van der Waals surface area contributed by atoms with Gasteiger partial charge in [0, 0.05) is 0 Å². The highest BCUT2D eigenvalue weighted by Crippen LogP contribution is 2.24. The lowest BCUT2D eigenvalue weighted by Gasteiger charge is -2.14. The van der Waals surface area contributed by atoms with Gasteiger partial charge >= 0.3 is 5.97 Å². The van der Waals surface area contributed by atoms with Crippen molar-refractivity contribution in [3.63, 3.8) is 0 Å². The summed E-state index contributed by atoms with van der Waals surface area (Å²) in [6.45, 7) is 0.106. The van der Waals surface area contributed by atoms with Gasteiger partial charge in [0.1, 0.15) is 6.61 Å². The number of hydrogen-bond acceptors (Lipinski definition) is 5. The van der Waals surface area contributed by atoms with Crippen molar-refractivity contribution in [1.82, 2.24) is 4.90 Å². The van der Waals surface area contributed by atoms with Gasteiger partial charge in [-0.25, -0.2) is 4.79 Å². The van der Waals surface area contributed by atoms with E-state index < -0.39 is 5.97 Å². The molecule has 30 heavy (non-hydrogen) atoms. The first-order chi connectivity index (χ1) is 14.6. The van der Waals surface area contributed by atoms with Gasteiger partial charge in [0.2, 0.25) is 0 Å². The van der Waals surface area contributed by atoms with Crippen LogP contribution in [0, 0.1) is 11.3 Å². The zero-order valence-corrected chi connectivity index (χ0v) is 15.9. The van der Waals surface area contributed by atoms with E-state index in [1.807, 2.05) is 6.07 Å². The minimum absolute atomic E-state index is 0.0387. The summed E-state index contributed by atoms with van der Waals surface area (Å²) in [6, 6.07) is 22.2. The molecule has 6 nitrogen and oxygen atoms in total. The first kappa shape index (κ1) is 19.1. The molecule has 0 saturated carbocycles. The highest BCUT2D eigenvalue weighted by molar-refractivity contribution is 6.21. The van der Waals surface area contributed by atoms with E-state index in [4.69, 9.17) is 10.00 Å². The van der Waals surface area contributed by atoms with Gasteiger partial charge in [-0.15, -0.1) is 0 Å². The summed E-state index contributed by atoms with van der Waals surface area (Å²) in [4.78, 5) is 38.7. The van der Waals surface area contributed by atoms with Gasteiger partial charge in [-0.2, -0.15) is 5.26 Å². The lowest BCUT2D eigenvalue weighted by molar-refractivity contribution is 0.0472. The van der Waals surface area contributed by atoms with Crippen LogP contribution < -0.4 is 0 Å². The van der Waals surface area contributed by atoms with Gasteiger partial charge in [-0.1, -0.05) is 36.4 Å². The number of rotatable bonds is 5. The molecule has 0 N–H and O–H groups in total. The molecule has 1 aliphatic heterocycles. The quantitative estimate of drug-likeness (QED) is 0.485. The molecule has 0 radical (unpaired) electrons. The maximum Gasteiger partial charge on any atom is 0.338 e. The van der Waals surface area contributed by atoms with E-state index in [-0.39, 0.29) is 25.0 Å². The fraction of sp³-hybridized carbons (Fsp3) is 0.0833. The molecule has 0 saturated heterocycles. The summed E-state index contributed by atoms with van der Waals surface area (Å²) in [5.74, 6) is -1.22. The zero-order valence-electron chi connectivity index (χ0n) is 15.9. The third kappa shape index (κ3) is 3.69. The highest BCUT2D eigenvalue weighted by atomic mass is 16.5. The Labute approximate surface area is 172 Å². The van der Waals surface area contributed by atoms with Crippen LogP contribution in [0.4, 0.5) is 0 Å². The molecule has 4 rings (SSSR count). The van der Waals surface area contributed by atoms with E-state index in [2.05, 4.69) is 0 Å². The van der Waals surface area contributed by atoms with Crippen LogP contribution in [0.1, 0.15) is 47.8 Å². The Morgan fingerprint density at radius 1 is 0.867 bits per heavy atom. The largest absolute Gasteiger partial charge is 0.457 e. The minimum atomic E-state index is -0.526. The summed E-state index contributed by atoms with van der Waals surface area (Å²) < 4.78 is 5.34. The predicted octanol–water partition coefficient (Wildman–Crippen LogP) is 3.71. The molecule has 0 aliphatic carbocycles. The monoisotopic (exact) mass is 396 g/mol. The van der Waals surface area contributed by atoms with Crippen LogP contribution in [-0.4, -0.2) is 22.7 Å². The van der Waals surface area contributed by atoms with Crippen LogP contribution in [0.3, 0.4) is 0 Å². The summed E-state index contributed by atoms with van der Waals surface area (Å²) in [5.41, 5.74) is 2.94. The molecule has 0 fully saturated rings. The highest BCUT2D eigenvalue weighted by Gasteiger charge is 2.35. The molecule has 0 atom stereocenters. The zero-order chi connectivity index (χ0) is 21.1. The maximum absolute atomic E-state index is 12.5. The molecular formula is C24H16N2O4. The van der Waals surface area contributed by atoms with Crippen molar-refractivity contribution in [1.29, 1.82) is 5.26 Å². The van der Waals surface area contributed by atoms with E-state index >= 15 is 0 Å². The maximum atomic E-state index is 12.5. The number of amides is 2. The van der Waals surface area contributed by atoms with E-state index in [9.17, 15) is 14.4 Å². The third-order valence-electron chi connectivity index (χ3n) is 4.81. The number of nitrogens with zero attached hydrogens (tertiary/aromatic N) is 2. The van der Waals surface area contributed by atoms with Gasteiger partial charge in [0.15, 0.2) is 0 Å². The lowest BCUT2D eigenvalue weighted by Crippen LogP contribution is -2.29. The second-order valence-electron chi connectivity index (χ2n) is 6.83. The van der Waals surface area contributed by atoms with Crippen molar-refractivity contribution in [2.24, 2.45) is 0 Å². The Kier molecular flexibility index (Phi) is 5.10. The Morgan fingerprint density at radius 2 is 1.53 bits per heavy atom. The smallest absolute Gasteiger partial charge is 0.338 e. The number of carbonyl (C=O) groups excluding carboxylic acids is 3. The van der Waals surface area contributed by atoms with Crippen molar-refractivity contribution >= 4 is 17.8 Å². The molecule has 2 amide bonds. The molecule has 3 aromatic carbocycles.